The molecule has 8 aromatic carbocycles. The number of furan rings is 1. The molecule has 0 saturated heterocycles. The van der Waals surface area contributed by atoms with E-state index in [1.54, 1.807) is 0 Å². The summed E-state index contributed by atoms with van der Waals surface area (Å²) >= 11 is 1.86. The highest BCUT2D eigenvalue weighted by atomic mass is 32.1. The summed E-state index contributed by atoms with van der Waals surface area (Å²) in [6, 6.07) is 59.1. The van der Waals surface area contributed by atoms with Crippen molar-refractivity contribution >= 4 is 92.1 Å². The highest BCUT2D eigenvalue weighted by Gasteiger charge is 2.17. The van der Waals surface area contributed by atoms with E-state index < -0.39 is 0 Å². The predicted octanol–water partition coefficient (Wildman–Crippen LogP) is 13.4. The minimum atomic E-state index is 0.912. The van der Waals surface area contributed by atoms with Crippen LogP contribution in [0.5, 0.6) is 0 Å². The number of thiophene rings is 1. The molecule has 0 saturated carbocycles. The summed E-state index contributed by atoms with van der Waals surface area (Å²) in [4.78, 5) is 2.39. The number of hydrogen-bond acceptors (Lipinski definition) is 3. The first kappa shape index (κ1) is 26.3. The molecule has 0 fully saturated rings. The van der Waals surface area contributed by atoms with Crippen LogP contribution in [0.3, 0.4) is 0 Å². The molecule has 220 valence electrons. The second-order valence-electron chi connectivity index (χ2n) is 12.1. The van der Waals surface area contributed by atoms with Crippen LogP contribution in [0.25, 0.3) is 74.8 Å². The Morgan fingerprint density at radius 1 is 0.404 bits per heavy atom. The van der Waals surface area contributed by atoms with Crippen molar-refractivity contribution in [3.05, 3.63) is 164 Å². The Balaban J connectivity index is 1.16. The van der Waals surface area contributed by atoms with Gasteiger partial charge in [0.2, 0.25) is 0 Å². The van der Waals surface area contributed by atoms with Gasteiger partial charge >= 0.3 is 0 Å². The van der Waals surface area contributed by atoms with Gasteiger partial charge in [0.05, 0.1) is 0 Å². The lowest BCUT2D eigenvalue weighted by molar-refractivity contribution is 0.669. The van der Waals surface area contributed by atoms with Crippen LogP contribution in [0.2, 0.25) is 0 Å². The maximum Gasteiger partial charge on any atom is 0.136 e. The van der Waals surface area contributed by atoms with Gasteiger partial charge in [-0.1, -0.05) is 109 Å². The summed E-state index contributed by atoms with van der Waals surface area (Å²) in [5.41, 5.74) is 7.54. The third kappa shape index (κ3) is 4.17. The Kier molecular flexibility index (Phi) is 5.78. The molecule has 0 aliphatic heterocycles. The Bertz CT molecular complexity index is 2810. The Morgan fingerprint density at radius 2 is 1.04 bits per heavy atom. The minimum Gasteiger partial charge on any atom is -0.456 e. The van der Waals surface area contributed by atoms with Crippen LogP contribution in [0.4, 0.5) is 17.1 Å². The Labute approximate surface area is 275 Å². The molecule has 0 N–H and O–H groups in total. The molecule has 0 amide bonds. The molecule has 0 bridgehead atoms. The second kappa shape index (κ2) is 10.3. The van der Waals surface area contributed by atoms with Crippen LogP contribution < -0.4 is 4.90 Å². The van der Waals surface area contributed by atoms with Crippen molar-refractivity contribution in [1.29, 1.82) is 0 Å². The molecule has 10 rings (SSSR count). The number of benzene rings is 8. The van der Waals surface area contributed by atoms with Crippen LogP contribution in [0, 0.1) is 0 Å². The second-order valence-corrected chi connectivity index (χ2v) is 13.2. The average molecular weight is 618 g/mol. The van der Waals surface area contributed by atoms with Crippen LogP contribution in [0.1, 0.15) is 0 Å². The monoisotopic (exact) mass is 617 g/mol. The molecule has 0 aliphatic rings. The highest BCUT2D eigenvalue weighted by molar-refractivity contribution is 7.25. The quantitative estimate of drug-likeness (QED) is 0.183. The zero-order valence-electron chi connectivity index (χ0n) is 25.4. The van der Waals surface area contributed by atoms with E-state index in [0.717, 1.165) is 44.6 Å². The van der Waals surface area contributed by atoms with E-state index in [1.165, 1.54) is 47.3 Å². The van der Waals surface area contributed by atoms with Crippen molar-refractivity contribution in [3.8, 4) is 11.1 Å². The van der Waals surface area contributed by atoms with E-state index in [-0.39, 0.29) is 0 Å². The fraction of sp³-hybridized carbons (Fsp3) is 0. The van der Waals surface area contributed by atoms with Crippen molar-refractivity contribution in [2.45, 2.75) is 0 Å². The molecular weight excluding hydrogens is 591 g/mol. The van der Waals surface area contributed by atoms with Gasteiger partial charge in [0.1, 0.15) is 11.2 Å². The number of rotatable bonds is 4. The van der Waals surface area contributed by atoms with E-state index in [4.69, 9.17) is 4.42 Å². The number of anilines is 3. The third-order valence-corrected chi connectivity index (χ3v) is 10.6. The van der Waals surface area contributed by atoms with Gasteiger partial charge in [-0.2, -0.15) is 0 Å². The van der Waals surface area contributed by atoms with Crippen molar-refractivity contribution in [3.63, 3.8) is 0 Å². The third-order valence-electron chi connectivity index (χ3n) is 9.45. The standard InChI is InChI=1S/C44H27NOS/c1-2-9-34-28(8-1)16-17-30-20-23-32(26-39(30)34)45(33-24-25-37-36-10-4-6-15-42(36)47-43(37)27-33)31-21-18-29(19-22-31)35-12-7-14-41-44(35)38-11-3-5-13-40(38)46-41/h1-27H. The summed E-state index contributed by atoms with van der Waals surface area (Å²) in [7, 11) is 0. The van der Waals surface area contributed by atoms with Gasteiger partial charge in [-0.05, 0) is 87.3 Å². The number of nitrogens with zero attached hydrogens (tertiary/aromatic N) is 1. The largest absolute Gasteiger partial charge is 0.456 e. The molecule has 2 nitrogen and oxygen atoms in total. The Hall–Kier alpha value is -5.90. The first-order chi connectivity index (χ1) is 23.3. The fourth-order valence-corrected chi connectivity index (χ4v) is 8.37. The number of para-hydroxylation sites is 1. The molecule has 0 radical (unpaired) electrons. The molecule has 2 heterocycles. The van der Waals surface area contributed by atoms with Gasteiger partial charge in [0.25, 0.3) is 0 Å². The lowest BCUT2D eigenvalue weighted by Gasteiger charge is -2.26. The lowest BCUT2D eigenvalue weighted by atomic mass is 9.98. The molecule has 0 spiro atoms. The van der Waals surface area contributed by atoms with Gasteiger partial charge in [-0.3, -0.25) is 0 Å². The highest BCUT2D eigenvalue weighted by Crippen LogP contribution is 2.43. The van der Waals surface area contributed by atoms with E-state index in [0.29, 0.717) is 0 Å². The number of fused-ring (bicyclic) bond motifs is 9. The molecule has 3 heteroatoms. The molecule has 47 heavy (non-hydrogen) atoms. The molecule has 10 aromatic rings. The summed E-state index contributed by atoms with van der Waals surface area (Å²) in [6.45, 7) is 0. The maximum absolute atomic E-state index is 6.21. The summed E-state index contributed by atoms with van der Waals surface area (Å²) < 4.78 is 8.81. The summed E-state index contributed by atoms with van der Waals surface area (Å²) in [5, 5.41) is 9.92. The van der Waals surface area contributed by atoms with Crippen LogP contribution >= 0.6 is 11.3 Å². The van der Waals surface area contributed by atoms with E-state index in [1.807, 2.05) is 23.5 Å². The van der Waals surface area contributed by atoms with Crippen molar-refractivity contribution in [2.75, 3.05) is 4.90 Å². The zero-order chi connectivity index (χ0) is 30.9. The molecule has 0 atom stereocenters. The van der Waals surface area contributed by atoms with Gasteiger partial charge in [-0.15, -0.1) is 11.3 Å². The van der Waals surface area contributed by atoms with Crippen LogP contribution in [-0.2, 0) is 0 Å². The van der Waals surface area contributed by atoms with Crippen molar-refractivity contribution in [2.24, 2.45) is 0 Å². The SMILES string of the molecule is c1ccc2c(c1)ccc1ccc(N(c3ccc(-c4cccc5oc6ccccc6c45)cc3)c3ccc4c(c3)sc3ccccc34)cc12. The van der Waals surface area contributed by atoms with Gasteiger partial charge < -0.3 is 9.32 Å². The maximum atomic E-state index is 6.21. The van der Waals surface area contributed by atoms with Gasteiger partial charge in [0.15, 0.2) is 0 Å². The van der Waals surface area contributed by atoms with E-state index >= 15 is 0 Å². The molecule has 2 aromatic heterocycles. The zero-order valence-corrected chi connectivity index (χ0v) is 26.2. The normalized spacial score (nSPS) is 11.8. The van der Waals surface area contributed by atoms with Gasteiger partial charge in [0, 0.05) is 48.0 Å². The fourth-order valence-electron chi connectivity index (χ4n) is 7.24. The minimum absolute atomic E-state index is 0.912. The summed E-state index contributed by atoms with van der Waals surface area (Å²) in [6.07, 6.45) is 0. The average Bonchev–Trinajstić information content (AvgIpc) is 3.70. The first-order valence-corrected chi connectivity index (χ1v) is 16.7. The Morgan fingerprint density at radius 3 is 1.94 bits per heavy atom. The topological polar surface area (TPSA) is 16.4 Å². The number of hydrogen-bond donors (Lipinski definition) is 0. The van der Waals surface area contributed by atoms with Crippen molar-refractivity contribution in [1.82, 2.24) is 0 Å². The first-order valence-electron chi connectivity index (χ1n) is 15.9. The predicted molar refractivity (Wildman–Crippen MR) is 202 cm³/mol. The van der Waals surface area contributed by atoms with Crippen LogP contribution in [-0.4, -0.2) is 0 Å². The molecule has 0 unspecified atom stereocenters. The summed E-state index contributed by atoms with van der Waals surface area (Å²) in [5.74, 6) is 0. The van der Waals surface area contributed by atoms with Gasteiger partial charge in [-0.25, -0.2) is 0 Å². The smallest absolute Gasteiger partial charge is 0.136 e. The van der Waals surface area contributed by atoms with E-state index in [9.17, 15) is 0 Å². The van der Waals surface area contributed by atoms with Crippen LogP contribution in [0.15, 0.2) is 168 Å². The van der Waals surface area contributed by atoms with E-state index in [2.05, 4.69) is 157 Å². The lowest BCUT2D eigenvalue weighted by Crippen LogP contribution is -2.09. The molecular formula is C44H27NOS. The molecule has 0 aliphatic carbocycles. The van der Waals surface area contributed by atoms with Crippen molar-refractivity contribution < 1.29 is 4.42 Å².